The van der Waals surface area contributed by atoms with Crippen molar-refractivity contribution in [3.63, 3.8) is 0 Å². The number of aromatic amines is 1. The van der Waals surface area contributed by atoms with Gasteiger partial charge < -0.3 is 4.90 Å². The summed E-state index contributed by atoms with van der Waals surface area (Å²) in [6.45, 7) is 3.82. The maximum atomic E-state index is 11.8. The molecule has 1 aliphatic rings. The van der Waals surface area contributed by atoms with E-state index in [1.54, 1.807) is 4.90 Å². The molecule has 1 aromatic rings. The second-order valence-corrected chi connectivity index (χ2v) is 3.88. The number of amides is 1. The highest BCUT2D eigenvalue weighted by atomic mass is 16.2. The lowest BCUT2D eigenvalue weighted by Gasteiger charge is -2.30. The summed E-state index contributed by atoms with van der Waals surface area (Å²) < 4.78 is 0. The molecule has 2 heterocycles. The van der Waals surface area contributed by atoms with Gasteiger partial charge in [-0.25, -0.2) is 0 Å². The van der Waals surface area contributed by atoms with E-state index in [1.807, 2.05) is 0 Å². The molecule has 6 heteroatoms. The van der Waals surface area contributed by atoms with Gasteiger partial charge in [0.25, 0.3) is 11.7 Å². The van der Waals surface area contributed by atoms with E-state index in [-0.39, 0.29) is 11.7 Å². The summed E-state index contributed by atoms with van der Waals surface area (Å²) in [5, 5.41) is 13.1. The number of nitrogens with one attached hydrogen (secondary N) is 1. The van der Waals surface area contributed by atoms with Gasteiger partial charge in [0.1, 0.15) is 0 Å². The summed E-state index contributed by atoms with van der Waals surface area (Å²) in [5.41, 5.74) is 0. The van der Waals surface area contributed by atoms with Gasteiger partial charge in [-0.05, 0) is 24.0 Å². The summed E-state index contributed by atoms with van der Waals surface area (Å²) >= 11 is 0. The van der Waals surface area contributed by atoms with Gasteiger partial charge in [-0.1, -0.05) is 13.3 Å². The molecule has 0 atom stereocenters. The fraction of sp³-hybridized carbons (Fsp3) is 0.778. The molecule has 1 aromatic heterocycles. The Kier molecular flexibility index (Phi) is 2.94. The smallest absolute Gasteiger partial charge is 0.295 e. The average molecular weight is 209 g/mol. The molecular formula is C9H15N5O. The second kappa shape index (κ2) is 4.37. The first-order valence-electron chi connectivity index (χ1n) is 5.34. The molecule has 0 aliphatic carbocycles. The van der Waals surface area contributed by atoms with E-state index in [2.05, 4.69) is 27.5 Å². The van der Waals surface area contributed by atoms with E-state index in [1.165, 1.54) is 6.42 Å². The van der Waals surface area contributed by atoms with Gasteiger partial charge in [0.2, 0.25) is 0 Å². The molecule has 1 N–H and O–H groups in total. The lowest BCUT2D eigenvalue weighted by atomic mass is 9.94. The lowest BCUT2D eigenvalue weighted by Crippen LogP contribution is -2.38. The van der Waals surface area contributed by atoms with Crippen LogP contribution >= 0.6 is 0 Å². The minimum Gasteiger partial charge on any atom is -0.336 e. The Balaban J connectivity index is 1.93. The molecule has 15 heavy (non-hydrogen) atoms. The summed E-state index contributed by atoms with van der Waals surface area (Å²) in [7, 11) is 0. The van der Waals surface area contributed by atoms with Crippen molar-refractivity contribution in [1.29, 1.82) is 0 Å². The van der Waals surface area contributed by atoms with E-state index in [4.69, 9.17) is 0 Å². The predicted octanol–water partition coefficient (Wildman–Crippen LogP) is 0.462. The topological polar surface area (TPSA) is 74.8 Å². The Hall–Kier alpha value is -1.46. The van der Waals surface area contributed by atoms with Gasteiger partial charge in [-0.3, -0.25) is 4.79 Å². The number of piperidine rings is 1. The Morgan fingerprint density at radius 1 is 1.53 bits per heavy atom. The third kappa shape index (κ3) is 2.14. The van der Waals surface area contributed by atoms with Crippen LogP contribution in [0.3, 0.4) is 0 Å². The van der Waals surface area contributed by atoms with Crippen molar-refractivity contribution in [2.75, 3.05) is 13.1 Å². The van der Waals surface area contributed by atoms with Crippen LogP contribution in [0.5, 0.6) is 0 Å². The van der Waals surface area contributed by atoms with Crippen LogP contribution in [0.2, 0.25) is 0 Å². The minimum absolute atomic E-state index is 0.113. The van der Waals surface area contributed by atoms with Crippen LogP contribution in [0.25, 0.3) is 0 Å². The summed E-state index contributed by atoms with van der Waals surface area (Å²) in [6, 6.07) is 0. The molecule has 0 unspecified atom stereocenters. The van der Waals surface area contributed by atoms with Gasteiger partial charge in [-0.2, -0.15) is 5.21 Å². The maximum absolute atomic E-state index is 11.8. The number of carbonyl (C=O) groups excluding carboxylic acids is 1. The van der Waals surface area contributed by atoms with E-state index in [9.17, 15) is 4.79 Å². The number of nitrogens with zero attached hydrogens (tertiary/aromatic N) is 4. The summed E-state index contributed by atoms with van der Waals surface area (Å²) in [4.78, 5) is 13.6. The Morgan fingerprint density at radius 3 is 2.80 bits per heavy atom. The molecule has 0 aromatic carbocycles. The van der Waals surface area contributed by atoms with Crippen LogP contribution in [-0.2, 0) is 0 Å². The molecule has 82 valence electrons. The van der Waals surface area contributed by atoms with Crippen molar-refractivity contribution < 1.29 is 4.79 Å². The van der Waals surface area contributed by atoms with Crippen molar-refractivity contribution in [2.45, 2.75) is 26.2 Å². The second-order valence-electron chi connectivity index (χ2n) is 3.88. The third-order valence-electron chi connectivity index (χ3n) is 3.02. The van der Waals surface area contributed by atoms with Gasteiger partial charge in [0.15, 0.2) is 0 Å². The zero-order chi connectivity index (χ0) is 10.7. The van der Waals surface area contributed by atoms with Crippen molar-refractivity contribution in [3.05, 3.63) is 5.82 Å². The Bertz CT molecular complexity index is 315. The maximum Gasteiger partial charge on any atom is 0.295 e. The fourth-order valence-corrected chi connectivity index (χ4v) is 1.94. The SMILES string of the molecule is CCC1CCN(C(=O)c2nn[nH]n2)CC1. The number of aromatic nitrogens is 4. The lowest BCUT2D eigenvalue weighted by molar-refractivity contribution is 0.0676. The molecule has 1 aliphatic heterocycles. The fourth-order valence-electron chi connectivity index (χ4n) is 1.94. The molecule has 1 saturated heterocycles. The van der Waals surface area contributed by atoms with Gasteiger partial charge in [0, 0.05) is 13.1 Å². The van der Waals surface area contributed by atoms with Crippen LogP contribution in [-0.4, -0.2) is 44.5 Å². The highest BCUT2D eigenvalue weighted by molar-refractivity contribution is 5.90. The number of rotatable bonds is 2. The molecule has 0 radical (unpaired) electrons. The molecule has 2 rings (SSSR count). The van der Waals surface area contributed by atoms with Crippen molar-refractivity contribution in [1.82, 2.24) is 25.5 Å². The number of likely N-dealkylation sites (tertiary alicyclic amines) is 1. The summed E-state index contributed by atoms with van der Waals surface area (Å²) in [5.74, 6) is 0.822. The zero-order valence-electron chi connectivity index (χ0n) is 8.81. The molecule has 0 saturated carbocycles. The van der Waals surface area contributed by atoms with Crippen LogP contribution in [0.4, 0.5) is 0 Å². The van der Waals surface area contributed by atoms with Gasteiger partial charge >= 0.3 is 0 Å². The number of H-pyrrole nitrogens is 1. The highest BCUT2D eigenvalue weighted by Crippen LogP contribution is 2.20. The van der Waals surface area contributed by atoms with Crippen LogP contribution in [0.15, 0.2) is 0 Å². The van der Waals surface area contributed by atoms with E-state index < -0.39 is 0 Å². The summed E-state index contributed by atoms with van der Waals surface area (Å²) in [6.07, 6.45) is 3.37. The number of carbonyl (C=O) groups is 1. The third-order valence-corrected chi connectivity index (χ3v) is 3.02. The van der Waals surface area contributed by atoms with E-state index in [0.717, 1.165) is 31.8 Å². The predicted molar refractivity (Wildman–Crippen MR) is 53.1 cm³/mol. The first kappa shape index (κ1) is 10.1. The molecule has 0 bridgehead atoms. The Morgan fingerprint density at radius 2 is 2.27 bits per heavy atom. The Labute approximate surface area is 88.0 Å². The molecule has 0 spiro atoms. The first-order valence-corrected chi connectivity index (χ1v) is 5.34. The molecular weight excluding hydrogens is 194 g/mol. The molecule has 1 fully saturated rings. The molecule has 6 nitrogen and oxygen atoms in total. The van der Waals surface area contributed by atoms with Crippen molar-refractivity contribution in [3.8, 4) is 0 Å². The minimum atomic E-state index is -0.113. The standard InChI is InChI=1S/C9H15N5O/c1-2-7-3-5-14(6-4-7)9(15)8-10-12-13-11-8/h7H,2-6H2,1H3,(H,10,11,12,13). The van der Waals surface area contributed by atoms with Crippen LogP contribution in [0.1, 0.15) is 36.8 Å². The van der Waals surface area contributed by atoms with Crippen LogP contribution < -0.4 is 0 Å². The monoisotopic (exact) mass is 209 g/mol. The van der Waals surface area contributed by atoms with Crippen LogP contribution in [0, 0.1) is 5.92 Å². The normalized spacial score (nSPS) is 18.1. The molecule has 1 amide bonds. The van der Waals surface area contributed by atoms with E-state index in [0.29, 0.717) is 0 Å². The number of hydrogen-bond acceptors (Lipinski definition) is 4. The van der Waals surface area contributed by atoms with Crippen molar-refractivity contribution >= 4 is 5.91 Å². The quantitative estimate of drug-likeness (QED) is 0.768. The van der Waals surface area contributed by atoms with Crippen molar-refractivity contribution in [2.24, 2.45) is 5.92 Å². The largest absolute Gasteiger partial charge is 0.336 e. The average Bonchev–Trinajstić information content (AvgIpc) is 2.82. The first-order chi connectivity index (χ1) is 7.31. The number of tetrazole rings is 1. The number of hydrogen-bond donors (Lipinski definition) is 1. The van der Waals surface area contributed by atoms with E-state index >= 15 is 0 Å². The highest BCUT2D eigenvalue weighted by Gasteiger charge is 2.24. The zero-order valence-corrected chi connectivity index (χ0v) is 8.81. The van der Waals surface area contributed by atoms with Gasteiger partial charge in [-0.15, -0.1) is 10.2 Å². The van der Waals surface area contributed by atoms with Gasteiger partial charge in [0.05, 0.1) is 0 Å².